The Morgan fingerprint density at radius 3 is 2.68 bits per heavy atom. The van der Waals surface area contributed by atoms with E-state index in [1.807, 2.05) is 12.2 Å². The molecule has 104 valence electrons. The van der Waals surface area contributed by atoms with Crippen LogP contribution in [0.1, 0.15) is 32.6 Å². The number of hydrogen-bond acceptors (Lipinski definition) is 4. The molecule has 4 heteroatoms. The highest BCUT2D eigenvalue weighted by atomic mass is 16.7. The van der Waals surface area contributed by atoms with Crippen molar-refractivity contribution in [2.45, 2.75) is 38.4 Å². The molecule has 3 atom stereocenters. The van der Waals surface area contributed by atoms with Gasteiger partial charge in [0.15, 0.2) is 5.79 Å². The van der Waals surface area contributed by atoms with Gasteiger partial charge in [-0.15, -0.1) is 0 Å². The number of ketones is 1. The van der Waals surface area contributed by atoms with Crippen LogP contribution < -0.4 is 0 Å². The second kappa shape index (κ2) is 4.53. The van der Waals surface area contributed by atoms with Gasteiger partial charge in [0.2, 0.25) is 0 Å². The van der Waals surface area contributed by atoms with Crippen molar-refractivity contribution < 1.29 is 19.1 Å². The second-order valence-corrected chi connectivity index (χ2v) is 6.06. The summed E-state index contributed by atoms with van der Waals surface area (Å²) < 4.78 is 11.4. The normalized spacial score (nSPS) is 40.1. The fraction of sp³-hybridized carbons (Fsp3) is 0.733. The molecule has 1 heterocycles. The molecule has 2 aliphatic carbocycles. The fourth-order valence-electron chi connectivity index (χ4n) is 3.74. The molecular weight excluding hydrogens is 244 g/mol. The van der Waals surface area contributed by atoms with E-state index in [0.29, 0.717) is 19.6 Å². The monoisotopic (exact) mass is 264 g/mol. The van der Waals surface area contributed by atoms with Gasteiger partial charge in [0.25, 0.3) is 0 Å². The molecule has 0 unspecified atom stereocenters. The summed E-state index contributed by atoms with van der Waals surface area (Å²) in [5, 5.41) is 0. The van der Waals surface area contributed by atoms with Gasteiger partial charge in [-0.05, 0) is 38.2 Å². The molecule has 0 radical (unpaired) electrons. The fourth-order valence-corrected chi connectivity index (χ4v) is 3.74. The first-order chi connectivity index (χ1) is 9.09. The van der Waals surface area contributed by atoms with Gasteiger partial charge in [-0.2, -0.15) is 0 Å². The molecular formula is C15H20O4. The molecule has 0 bridgehead atoms. The minimum Gasteiger partial charge on any atom is -0.344 e. The Kier molecular flexibility index (Phi) is 3.10. The lowest BCUT2D eigenvalue weighted by Crippen LogP contribution is -2.46. The number of hydrogen-bond donors (Lipinski definition) is 0. The van der Waals surface area contributed by atoms with Gasteiger partial charge in [0.1, 0.15) is 12.1 Å². The lowest BCUT2D eigenvalue weighted by molar-refractivity contribution is -0.156. The summed E-state index contributed by atoms with van der Waals surface area (Å²) in [7, 11) is 0. The number of Topliss-reactive ketones (excluding diaryl/α,β-unsaturated/α-hetero) is 1. The van der Waals surface area contributed by atoms with Crippen molar-refractivity contribution in [1.29, 1.82) is 0 Å². The van der Waals surface area contributed by atoms with Crippen molar-refractivity contribution in [3.63, 3.8) is 0 Å². The van der Waals surface area contributed by atoms with E-state index in [2.05, 4.69) is 0 Å². The molecule has 0 N–H and O–H groups in total. The van der Waals surface area contributed by atoms with Crippen LogP contribution in [0.5, 0.6) is 0 Å². The van der Waals surface area contributed by atoms with Gasteiger partial charge in [0, 0.05) is 17.8 Å². The van der Waals surface area contributed by atoms with Gasteiger partial charge in [-0.25, -0.2) is 0 Å². The van der Waals surface area contributed by atoms with Crippen LogP contribution >= 0.6 is 0 Å². The van der Waals surface area contributed by atoms with E-state index in [-0.39, 0.29) is 17.6 Å². The molecule has 1 spiro atoms. The van der Waals surface area contributed by atoms with Crippen LogP contribution in [0.2, 0.25) is 0 Å². The first kappa shape index (κ1) is 13.0. The average Bonchev–Trinajstić information content (AvgIpc) is 2.86. The van der Waals surface area contributed by atoms with Crippen LogP contribution in [0.15, 0.2) is 12.2 Å². The van der Waals surface area contributed by atoms with Crippen molar-refractivity contribution in [3.05, 3.63) is 12.2 Å². The van der Waals surface area contributed by atoms with Crippen LogP contribution in [-0.2, 0) is 19.1 Å². The maximum Gasteiger partial charge on any atom is 0.188 e. The largest absolute Gasteiger partial charge is 0.344 e. The van der Waals surface area contributed by atoms with Crippen LogP contribution in [0, 0.1) is 17.3 Å². The molecule has 0 aromatic carbocycles. The standard InChI is InChI=1S/C15H20O4/c1-11(17)12-2-3-14(10-16)4-5-15(9-13(14)8-12)18-6-7-19-15/h4-5,10,12-13H,2-3,6-9H2,1H3/t12-,13-,14+/m0/s1. The molecule has 0 amide bonds. The van der Waals surface area contributed by atoms with Gasteiger partial charge in [-0.1, -0.05) is 6.08 Å². The summed E-state index contributed by atoms with van der Waals surface area (Å²) in [5.74, 6) is -0.175. The molecule has 3 aliphatic rings. The lowest BCUT2D eigenvalue weighted by atomic mass is 9.59. The number of fused-ring (bicyclic) bond motifs is 1. The number of ether oxygens (including phenoxy) is 2. The van der Waals surface area contributed by atoms with E-state index < -0.39 is 11.2 Å². The average molecular weight is 264 g/mol. The Balaban J connectivity index is 1.87. The van der Waals surface area contributed by atoms with Crippen molar-refractivity contribution in [2.75, 3.05) is 13.2 Å². The van der Waals surface area contributed by atoms with Crippen molar-refractivity contribution in [1.82, 2.24) is 0 Å². The Morgan fingerprint density at radius 1 is 1.32 bits per heavy atom. The molecule has 1 saturated carbocycles. The molecule has 0 aromatic rings. The summed E-state index contributed by atoms with van der Waals surface area (Å²) in [4.78, 5) is 23.2. The minimum atomic E-state index is -0.643. The predicted octanol–water partition coefficient (Wildman–Crippen LogP) is 1.88. The highest BCUT2D eigenvalue weighted by Crippen LogP contribution is 2.51. The molecule has 1 aliphatic heterocycles. The van der Waals surface area contributed by atoms with Crippen molar-refractivity contribution in [2.24, 2.45) is 17.3 Å². The minimum absolute atomic E-state index is 0.0861. The van der Waals surface area contributed by atoms with Crippen LogP contribution in [-0.4, -0.2) is 31.1 Å². The number of carbonyl (C=O) groups excluding carboxylic acids is 2. The third kappa shape index (κ3) is 2.07. The van der Waals surface area contributed by atoms with E-state index in [4.69, 9.17) is 9.47 Å². The topological polar surface area (TPSA) is 52.6 Å². The smallest absolute Gasteiger partial charge is 0.188 e. The lowest BCUT2D eigenvalue weighted by Gasteiger charge is -2.46. The Bertz CT molecular complexity index is 422. The first-order valence-electron chi connectivity index (χ1n) is 7.04. The second-order valence-electron chi connectivity index (χ2n) is 6.06. The van der Waals surface area contributed by atoms with Gasteiger partial charge in [-0.3, -0.25) is 4.79 Å². The molecule has 19 heavy (non-hydrogen) atoms. The number of allylic oxidation sites excluding steroid dienone is 1. The third-order valence-electron chi connectivity index (χ3n) is 5.00. The maximum absolute atomic E-state index is 11.6. The van der Waals surface area contributed by atoms with Crippen LogP contribution in [0.3, 0.4) is 0 Å². The quantitative estimate of drug-likeness (QED) is 0.564. The summed E-state index contributed by atoms with van der Waals surface area (Å²) >= 11 is 0. The molecule has 0 aromatic heterocycles. The maximum atomic E-state index is 11.6. The van der Waals surface area contributed by atoms with Crippen molar-refractivity contribution in [3.8, 4) is 0 Å². The highest BCUT2D eigenvalue weighted by molar-refractivity contribution is 5.79. The zero-order chi connectivity index (χ0) is 13.5. The molecule has 2 fully saturated rings. The van der Waals surface area contributed by atoms with E-state index in [9.17, 15) is 9.59 Å². The third-order valence-corrected chi connectivity index (χ3v) is 5.00. The number of aldehydes is 1. The molecule has 4 nitrogen and oxygen atoms in total. The summed E-state index contributed by atoms with van der Waals surface area (Å²) in [6, 6.07) is 0. The Labute approximate surface area is 113 Å². The van der Waals surface area contributed by atoms with Crippen LogP contribution in [0.25, 0.3) is 0 Å². The summed E-state index contributed by atoms with van der Waals surface area (Å²) in [5.41, 5.74) is -0.410. The van der Waals surface area contributed by atoms with E-state index in [1.54, 1.807) is 6.92 Å². The number of carbonyl (C=O) groups is 2. The van der Waals surface area contributed by atoms with Gasteiger partial charge < -0.3 is 14.3 Å². The predicted molar refractivity (Wildman–Crippen MR) is 68.4 cm³/mol. The Hall–Kier alpha value is -1.00. The van der Waals surface area contributed by atoms with Crippen molar-refractivity contribution >= 4 is 12.1 Å². The van der Waals surface area contributed by atoms with E-state index in [0.717, 1.165) is 25.5 Å². The van der Waals surface area contributed by atoms with E-state index >= 15 is 0 Å². The zero-order valence-electron chi connectivity index (χ0n) is 11.3. The van der Waals surface area contributed by atoms with Gasteiger partial charge in [0.05, 0.1) is 13.2 Å². The summed E-state index contributed by atoms with van der Waals surface area (Å²) in [6.45, 7) is 2.85. The SMILES string of the molecule is CC(=O)[C@H]1CC[C@]2(C=O)C=CC3(C[C@@H]2C1)OCCO3. The highest BCUT2D eigenvalue weighted by Gasteiger charge is 2.51. The molecule has 1 saturated heterocycles. The first-order valence-corrected chi connectivity index (χ1v) is 7.04. The van der Waals surface area contributed by atoms with E-state index in [1.165, 1.54) is 0 Å². The zero-order valence-corrected chi connectivity index (χ0v) is 11.3. The van der Waals surface area contributed by atoms with Crippen LogP contribution in [0.4, 0.5) is 0 Å². The Morgan fingerprint density at radius 2 is 2.05 bits per heavy atom. The molecule has 3 rings (SSSR count). The number of rotatable bonds is 2. The summed E-state index contributed by atoms with van der Waals surface area (Å²) in [6.07, 6.45) is 7.97. The van der Waals surface area contributed by atoms with Gasteiger partial charge >= 0.3 is 0 Å².